The number of anilines is 1. The molecule has 214 valence electrons. The van der Waals surface area contributed by atoms with Gasteiger partial charge in [0.15, 0.2) is 0 Å². The van der Waals surface area contributed by atoms with E-state index in [4.69, 9.17) is 4.74 Å². The molecule has 1 N–H and O–H groups in total. The summed E-state index contributed by atoms with van der Waals surface area (Å²) < 4.78 is 48.2. The molecular formula is C30H36FN3O5S. The van der Waals surface area contributed by atoms with Crippen molar-refractivity contribution in [1.29, 1.82) is 0 Å². The van der Waals surface area contributed by atoms with Crippen molar-refractivity contribution >= 4 is 27.5 Å². The zero-order chi connectivity index (χ0) is 29.1. The normalized spacial score (nSPS) is 11.9. The molecule has 40 heavy (non-hydrogen) atoms. The third-order valence-electron chi connectivity index (χ3n) is 6.25. The van der Waals surface area contributed by atoms with Gasteiger partial charge in [-0.25, -0.2) is 12.8 Å². The van der Waals surface area contributed by atoms with Gasteiger partial charge in [0, 0.05) is 13.1 Å². The molecule has 0 aliphatic heterocycles. The van der Waals surface area contributed by atoms with Crippen LogP contribution in [-0.2, 0) is 26.2 Å². The van der Waals surface area contributed by atoms with E-state index in [2.05, 4.69) is 5.32 Å². The van der Waals surface area contributed by atoms with E-state index in [1.165, 1.54) is 41.3 Å². The van der Waals surface area contributed by atoms with E-state index in [-0.39, 0.29) is 29.6 Å². The minimum Gasteiger partial charge on any atom is -0.492 e. The molecule has 0 saturated heterocycles. The molecule has 0 heterocycles. The topological polar surface area (TPSA) is 96.0 Å². The lowest BCUT2D eigenvalue weighted by Crippen LogP contribution is -2.52. The number of ether oxygens (including phenoxy) is 1. The highest BCUT2D eigenvalue weighted by molar-refractivity contribution is 7.92. The monoisotopic (exact) mass is 569 g/mol. The van der Waals surface area contributed by atoms with E-state index in [0.717, 1.165) is 4.31 Å². The van der Waals surface area contributed by atoms with Crippen molar-refractivity contribution in [2.75, 3.05) is 24.0 Å². The number of sulfonamides is 1. The molecule has 3 rings (SSSR count). The lowest BCUT2D eigenvalue weighted by molar-refractivity contribution is -0.140. The number of para-hydroxylation sites is 2. The van der Waals surface area contributed by atoms with Crippen LogP contribution < -0.4 is 14.4 Å². The zero-order valence-corrected chi connectivity index (χ0v) is 23.9. The molecule has 0 aliphatic rings. The van der Waals surface area contributed by atoms with Crippen LogP contribution in [0.1, 0.15) is 39.2 Å². The summed E-state index contributed by atoms with van der Waals surface area (Å²) in [6.07, 6.45) is 1.01. The van der Waals surface area contributed by atoms with E-state index in [1.54, 1.807) is 56.3 Å². The number of hydrogen-bond donors (Lipinski definition) is 1. The number of hydrogen-bond acceptors (Lipinski definition) is 5. The van der Waals surface area contributed by atoms with Gasteiger partial charge in [0.25, 0.3) is 10.0 Å². The van der Waals surface area contributed by atoms with Crippen molar-refractivity contribution in [3.8, 4) is 5.75 Å². The molecule has 0 saturated carbocycles. The summed E-state index contributed by atoms with van der Waals surface area (Å²) in [4.78, 5) is 28.5. The van der Waals surface area contributed by atoms with Crippen LogP contribution in [0.25, 0.3) is 0 Å². The van der Waals surface area contributed by atoms with Crippen molar-refractivity contribution in [1.82, 2.24) is 10.2 Å². The average molecular weight is 570 g/mol. The molecule has 2 amide bonds. The van der Waals surface area contributed by atoms with E-state index < -0.39 is 34.3 Å². The SMILES string of the molecule is CCCNC(=O)C(CC)N(Cc1ccc(F)cc1)C(=O)CN(c1ccccc1OCC)S(=O)(=O)c1ccccc1. The standard InChI is InChI=1S/C30H36FN3O5S/c1-4-20-32-30(36)26(5-2)33(21-23-16-18-24(31)19-17-23)29(35)22-34(27-14-10-11-15-28(27)39-6-3)40(37,38)25-12-8-7-9-13-25/h7-19,26H,4-6,20-22H2,1-3H3,(H,32,36). The molecule has 0 radical (unpaired) electrons. The Hall–Kier alpha value is -3.92. The van der Waals surface area contributed by atoms with Crippen LogP contribution in [0, 0.1) is 5.82 Å². The second-order valence-electron chi connectivity index (χ2n) is 9.09. The first kappa shape index (κ1) is 30.6. The summed E-state index contributed by atoms with van der Waals surface area (Å²) >= 11 is 0. The molecule has 3 aromatic carbocycles. The number of carbonyl (C=O) groups excluding carboxylic acids is 2. The third-order valence-corrected chi connectivity index (χ3v) is 8.02. The smallest absolute Gasteiger partial charge is 0.264 e. The van der Waals surface area contributed by atoms with Gasteiger partial charge < -0.3 is 15.0 Å². The molecule has 0 aliphatic carbocycles. The summed E-state index contributed by atoms with van der Waals surface area (Å²) in [6.45, 7) is 5.61. The maximum atomic E-state index is 14.0. The molecule has 10 heteroatoms. The Balaban J connectivity index is 2.08. The van der Waals surface area contributed by atoms with Gasteiger partial charge in [-0.15, -0.1) is 0 Å². The van der Waals surface area contributed by atoms with Crippen LogP contribution in [-0.4, -0.2) is 50.9 Å². The van der Waals surface area contributed by atoms with Gasteiger partial charge in [-0.2, -0.15) is 0 Å². The first-order valence-electron chi connectivity index (χ1n) is 13.3. The Kier molecular flexibility index (Phi) is 11.1. The fourth-order valence-electron chi connectivity index (χ4n) is 4.25. The van der Waals surface area contributed by atoms with Gasteiger partial charge in [0.2, 0.25) is 11.8 Å². The first-order valence-corrected chi connectivity index (χ1v) is 14.8. The molecule has 1 atom stereocenters. The molecule has 3 aromatic rings. The van der Waals surface area contributed by atoms with Gasteiger partial charge in [-0.3, -0.25) is 13.9 Å². The van der Waals surface area contributed by atoms with Crippen molar-refractivity contribution in [2.45, 2.75) is 51.1 Å². The van der Waals surface area contributed by atoms with Crippen LogP contribution >= 0.6 is 0 Å². The number of amides is 2. The molecule has 0 bridgehead atoms. The zero-order valence-electron chi connectivity index (χ0n) is 23.0. The highest BCUT2D eigenvalue weighted by Crippen LogP contribution is 2.33. The number of benzene rings is 3. The van der Waals surface area contributed by atoms with Gasteiger partial charge >= 0.3 is 0 Å². The highest BCUT2D eigenvalue weighted by Gasteiger charge is 2.34. The lowest BCUT2D eigenvalue weighted by Gasteiger charge is -2.33. The van der Waals surface area contributed by atoms with Gasteiger partial charge in [-0.1, -0.05) is 56.3 Å². The Morgan fingerprint density at radius 2 is 1.57 bits per heavy atom. The molecular weight excluding hydrogens is 533 g/mol. The summed E-state index contributed by atoms with van der Waals surface area (Å²) in [5, 5.41) is 2.84. The largest absolute Gasteiger partial charge is 0.492 e. The minimum absolute atomic E-state index is 0.00640. The number of nitrogens with one attached hydrogen (secondary N) is 1. The Morgan fingerprint density at radius 1 is 0.925 bits per heavy atom. The lowest BCUT2D eigenvalue weighted by atomic mass is 10.1. The summed E-state index contributed by atoms with van der Waals surface area (Å²) in [7, 11) is -4.21. The van der Waals surface area contributed by atoms with Gasteiger partial charge in [-0.05, 0) is 61.7 Å². The van der Waals surface area contributed by atoms with Crippen LogP contribution in [0.3, 0.4) is 0 Å². The Bertz CT molecular complexity index is 1370. The van der Waals surface area contributed by atoms with Crippen LogP contribution in [0.2, 0.25) is 0 Å². The van der Waals surface area contributed by atoms with Crippen molar-refractivity contribution in [3.05, 3.63) is 90.2 Å². The fourth-order valence-corrected chi connectivity index (χ4v) is 5.69. The fraction of sp³-hybridized carbons (Fsp3) is 0.333. The molecule has 0 aromatic heterocycles. The maximum Gasteiger partial charge on any atom is 0.264 e. The van der Waals surface area contributed by atoms with E-state index in [9.17, 15) is 22.4 Å². The van der Waals surface area contributed by atoms with Crippen molar-refractivity contribution in [3.63, 3.8) is 0 Å². The minimum atomic E-state index is -4.21. The van der Waals surface area contributed by atoms with Gasteiger partial charge in [0.1, 0.15) is 24.2 Å². The van der Waals surface area contributed by atoms with Crippen molar-refractivity contribution in [2.24, 2.45) is 0 Å². The van der Waals surface area contributed by atoms with Crippen LogP contribution in [0.4, 0.5) is 10.1 Å². The predicted octanol–water partition coefficient (Wildman–Crippen LogP) is 4.75. The van der Waals surface area contributed by atoms with Crippen LogP contribution in [0.15, 0.2) is 83.8 Å². The number of carbonyl (C=O) groups is 2. The Morgan fingerprint density at radius 3 is 2.20 bits per heavy atom. The molecule has 8 nitrogen and oxygen atoms in total. The molecule has 0 spiro atoms. The second-order valence-corrected chi connectivity index (χ2v) is 11.0. The summed E-state index contributed by atoms with van der Waals surface area (Å²) in [6, 6.07) is 19.2. The van der Waals surface area contributed by atoms with Crippen molar-refractivity contribution < 1.29 is 27.1 Å². The summed E-state index contributed by atoms with van der Waals surface area (Å²) in [5.41, 5.74) is 0.801. The number of rotatable bonds is 14. The molecule has 0 fully saturated rings. The van der Waals surface area contributed by atoms with Gasteiger partial charge in [0.05, 0.1) is 17.2 Å². The summed E-state index contributed by atoms with van der Waals surface area (Å²) in [5.74, 6) is -1.06. The van der Waals surface area contributed by atoms with E-state index in [1.807, 2.05) is 6.92 Å². The Labute approximate surface area is 235 Å². The van der Waals surface area contributed by atoms with Crippen LogP contribution in [0.5, 0.6) is 5.75 Å². The quantitative estimate of drug-likeness (QED) is 0.302. The molecule has 1 unspecified atom stereocenters. The van der Waals surface area contributed by atoms with E-state index >= 15 is 0 Å². The van der Waals surface area contributed by atoms with E-state index in [0.29, 0.717) is 30.7 Å². The first-order chi connectivity index (χ1) is 19.2. The predicted molar refractivity (Wildman–Crippen MR) is 153 cm³/mol. The number of halogens is 1. The second kappa shape index (κ2) is 14.5. The third kappa shape index (κ3) is 7.59. The maximum absolute atomic E-state index is 14.0. The average Bonchev–Trinajstić information content (AvgIpc) is 2.96. The highest BCUT2D eigenvalue weighted by atomic mass is 32.2. The number of nitrogens with zero attached hydrogens (tertiary/aromatic N) is 2.